The first-order valence-electron chi connectivity index (χ1n) is 4.43. The van der Waals surface area contributed by atoms with Crippen molar-refractivity contribution in [2.24, 2.45) is 0 Å². The van der Waals surface area contributed by atoms with Crippen molar-refractivity contribution in [3.05, 3.63) is 38.6 Å². The zero-order valence-corrected chi connectivity index (χ0v) is 12.1. The molecule has 0 bridgehead atoms. The summed E-state index contributed by atoms with van der Waals surface area (Å²) in [5, 5.41) is 0.875. The lowest BCUT2D eigenvalue weighted by Crippen LogP contribution is -1.87. The summed E-state index contributed by atoms with van der Waals surface area (Å²) in [6, 6.07) is 3.20. The molecular weight excluding hydrogens is 352 g/mol. The standard InChI is InChI=1S/C10H5BrCl3NO2/c11-6-1-8(14)9(2-7(6)13)17-10-15-5(3-12)4-16-10/h1-2,4H,3H2. The lowest BCUT2D eigenvalue weighted by molar-refractivity contribution is 0.331. The Morgan fingerprint density at radius 2 is 2.06 bits per heavy atom. The molecule has 90 valence electrons. The van der Waals surface area contributed by atoms with Crippen molar-refractivity contribution >= 4 is 50.7 Å². The highest BCUT2D eigenvalue weighted by atomic mass is 79.9. The maximum absolute atomic E-state index is 5.98. The molecule has 0 aliphatic carbocycles. The predicted molar refractivity (Wildman–Crippen MR) is 70.3 cm³/mol. The molecule has 2 aromatic rings. The second kappa shape index (κ2) is 5.48. The van der Waals surface area contributed by atoms with E-state index < -0.39 is 0 Å². The molecule has 0 unspecified atom stereocenters. The van der Waals surface area contributed by atoms with Gasteiger partial charge in [-0.05, 0) is 22.0 Å². The van der Waals surface area contributed by atoms with Crippen LogP contribution in [0.1, 0.15) is 5.69 Å². The summed E-state index contributed by atoms with van der Waals surface area (Å²) in [7, 11) is 0. The van der Waals surface area contributed by atoms with Crippen LogP contribution in [0.15, 0.2) is 27.3 Å². The number of aromatic nitrogens is 1. The minimum absolute atomic E-state index is 0.0703. The van der Waals surface area contributed by atoms with E-state index in [1.807, 2.05) is 0 Å². The number of halogens is 4. The molecule has 1 aromatic carbocycles. The van der Waals surface area contributed by atoms with Gasteiger partial charge in [0.25, 0.3) is 0 Å². The van der Waals surface area contributed by atoms with Gasteiger partial charge in [0.05, 0.1) is 21.6 Å². The van der Waals surface area contributed by atoms with E-state index in [2.05, 4.69) is 20.9 Å². The summed E-state index contributed by atoms with van der Waals surface area (Å²) < 4.78 is 11.1. The monoisotopic (exact) mass is 355 g/mol. The first-order chi connectivity index (χ1) is 8.10. The molecule has 0 radical (unpaired) electrons. The second-order valence-electron chi connectivity index (χ2n) is 3.04. The van der Waals surface area contributed by atoms with Crippen LogP contribution >= 0.6 is 50.7 Å². The van der Waals surface area contributed by atoms with Crippen molar-refractivity contribution in [3.8, 4) is 11.8 Å². The summed E-state index contributed by atoms with van der Waals surface area (Å²) in [5.74, 6) is 0.615. The molecule has 0 fully saturated rings. The summed E-state index contributed by atoms with van der Waals surface area (Å²) in [6.45, 7) is 0. The van der Waals surface area contributed by atoms with Crippen molar-refractivity contribution in [1.29, 1.82) is 0 Å². The SMILES string of the molecule is ClCc1coc(Oc2cc(Cl)c(Br)cc2Cl)n1. The Balaban J connectivity index is 2.26. The van der Waals surface area contributed by atoms with Gasteiger partial charge in [0.15, 0.2) is 5.75 Å². The quantitative estimate of drug-likeness (QED) is 0.554. The highest BCUT2D eigenvalue weighted by Gasteiger charge is 2.11. The molecule has 17 heavy (non-hydrogen) atoms. The third-order valence-corrected chi connectivity index (χ3v) is 3.61. The summed E-state index contributed by atoms with van der Waals surface area (Å²) in [4.78, 5) is 3.98. The molecule has 0 atom stereocenters. The van der Waals surface area contributed by atoms with E-state index in [-0.39, 0.29) is 12.0 Å². The van der Waals surface area contributed by atoms with Crippen LogP contribution in [0, 0.1) is 0 Å². The van der Waals surface area contributed by atoms with Crippen LogP contribution in [0.5, 0.6) is 11.8 Å². The van der Waals surface area contributed by atoms with Crippen molar-refractivity contribution in [2.75, 3.05) is 0 Å². The van der Waals surface area contributed by atoms with Crippen molar-refractivity contribution in [3.63, 3.8) is 0 Å². The summed E-state index contributed by atoms with van der Waals surface area (Å²) >= 11 is 20.8. The van der Waals surface area contributed by atoms with E-state index in [9.17, 15) is 0 Å². The van der Waals surface area contributed by atoms with Crippen molar-refractivity contribution in [1.82, 2.24) is 4.98 Å². The smallest absolute Gasteiger partial charge is 0.399 e. The van der Waals surface area contributed by atoms with E-state index in [0.717, 1.165) is 0 Å². The minimum Gasteiger partial charge on any atom is -0.417 e. The van der Waals surface area contributed by atoms with Gasteiger partial charge in [-0.25, -0.2) is 0 Å². The Morgan fingerprint density at radius 3 is 2.71 bits per heavy atom. The zero-order chi connectivity index (χ0) is 12.4. The number of hydrogen-bond acceptors (Lipinski definition) is 3. The van der Waals surface area contributed by atoms with Crippen LogP contribution in [0.2, 0.25) is 10.0 Å². The maximum atomic E-state index is 5.98. The highest BCUT2D eigenvalue weighted by Crippen LogP contribution is 2.36. The average molecular weight is 357 g/mol. The van der Waals surface area contributed by atoms with Crippen LogP contribution in [0.4, 0.5) is 0 Å². The summed E-state index contributed by atoms with van der Waals surface area (Å²) in [6.07, 6.45) is 1.48. The van der Waals surface area contributed by atoms with Crippen LogP contribution < -0.4 is 4.74 Å². The molecule has 0 saturated heterocycles. The largest absolute Gasteiger partial charge is 0.417 e. The van der Waals surface area contributed by atoms with Gasteiger partial charge >= 0.3 is 6.08 Å². The predicted octanol–water partition coefficient (Wildman–Crippen LogP) is 5.28. The molecular formula is C10H5BrCl3NO2. The molecule has 0 spiro atoms. The first kappa shape index (κ1) is 13.0. The molecule has 1 heterocycles. The molecule has 0 amide bonds. The van der Waals surface area contributed by atoms with Gasteiger partial charge in [0.1, 0.15) is 6.26 Å². The van der Waals surface area contributed by atoms with Crippen molar-refractivity contribution < 1.29 is 9.15 Å². The van der Waals surface area contributed by atoms with Crippen LogP contribution in [0.25, 0.3) is 0 Å². The number of benzene rings is 1. The Hall–Kier alpha value is -0.420. The van der Waals surface area contributed by atoms with Crippen LogP contribution in [-0.2, 0) is 5.88 Å². The van der Waals surface area contributed by atoms with Gasteiger partial charge in [-0.3, -0.25) is 0 Å². The third-order valence-electron chi connectivity index (χ3n) is 1.84. The van der Waals surface area contributed by atoms with Gasteiger partial charge in [-0.1, -0.05) is 23.2 Å². The fourth-order valence-corrected chi connectivity index (χ4v) is 2.03. The highest BCUT2D eigenvalue weighted by molar-refractivity contribution is 9.10. The average Bonchev–Trinajstić information content (AvgIpc) is 2.73. The van der Waals surface area contributed by atoms with E-state index in [0.29, 0.717) is 26.0 Å². The van der Waals surface area contributed by atoms with Crippen molar-refractivity contribution in [2.45, 2.75) is 5.88 Å². The Bertz CT molecular complexity index is 544. The van der Waals surface area contributed by atoms with Gasteiger partial charge in [-0.15, -0.1) is 11.6 Å². The van der Waals surface area contributed by atoms with Gasteiger partial charge in [0.2, 0.25) is 0 Å². The number of nitrogens with zero attached hydrogens (tertiary/aromatic N) is 1. The molecule has 0 aliphatic rings. The number of hydrogen-bond donors (Lipinski definition) is 0. The Labute approximate surface area is 121 Å². The minimum atomic E-state index is 0.0703. The summed E-state index contributed by atoms with van der Waals surface area (Å²) in [5.41, 5.74) is 0.584. The van der Waals surface area contributed by atoms with E-state index in [4.69, 9.17) is 44.0 Å². The number of oxazole rings is 1. The van der Waals surface area contributed by atoms with E-state index in [1.165, 1.54) is 6.26 Å². The van der Waals surface area contributed by atoms with Gasteiger partial charge in [0, 0.05) is 10.5 Å². The number of rotatable bonds is 3. The van der Waals surface area contributed by atoms with E-state index in [1.54, 1.807) is 12.1 Å². The fourth-order valence-electron chi connectivity index (χ4n) is 1.07. The van der Waals surface area contributed by atoms with E-state index >= 15 is 0 Å². The molecule has 3 nitrogen and oxygen atoms in total. The Morgan fingerprint density at radius 1 is 1.29 bits per heavy atom. The number of ether oxygens (including phenoxy) is 1. The molecule has 7 heteroatoms. The molecule has 1 aromatic heterocycles. The topological polar surface area (TPSA) is 35.3 Å². The second-order valence-corrected chi connectivity index (χ2v) is 4.97. The number of alkyl halides is 1. The zero-order valence-electron chi connectivity index (χ0n) is 8.21. The first-order valence-corrected chi connectivity index (χ1v) is 6.51. The molecule has 0 aliphatic heterocycles. The van der Waals surface area contributed by atoms with Crippen LogP contribution in [-0.4, -0.2) is 4.98 Å². The van der Waals surface area contributed by atoms with Crippen LogP contribution in [0.3, 0.4) is 0 Å². The molecule has 0 saturated carbocycles. The normalized spacial score (nSPS) is 10.6. The molecule has 0 N–H and O–H groups in total. The third kappa shape index (κ3) is 3.07. The lowest BCUT2D eigenvalue weighted by Gasteiger charge is -2.05. The molecule has 2 rings (SSSR count). The Kier molecular flexibility index (Phi) is 4.20. The fraction of sp³-hybridized carbons (Fsp3) is 0.100. The maximum Gasteiger partial charge on any atom is 0.399 e. The van der Waals surface area contributed by atoms with Gasteiger partial charge < -0.3 is 9.15 Å². The van der Waals surface area contributed by atoms with Gasteiger partial charge in [-0.2, -0.15) is 4.98 Å². The lowest BCUT2D eigenvalue weighted by atomic mass is 10.3.